The molecule has 5 heteroatoms. The zero-order valence-corrected chi connectivity index (χ0v) is 12.4. The van der Waals surface area contributed by atoms with E-state index >= 15 is 0 Å². The number of carbonyl (C=O) groups excluding carboxylic acids is 1. The molecule has 22 heavy (non-hydrogen) atoms. The van der Waals surface area contributed by atoms with E-state index in [4.69, 9.17) is 0 Å². The van der Waals surface area contributed by atoms with Crippen LogP contribution in [0.4, 0.5) is 4.39 Å². The van der Waals surface area contributed by atoms with Crippen LogP contribution in [0.1, 0.15) is 34.9 Å². The highest BCUT2D eigenvalue weighted by molar-refractivity contribution is 5.92. The second kappa shape index (κ2) is 6.75. The Morgan fingerprint density at radius 2 is 2.00 bits per heavy atom. The number of nitrogens with zero attached hydrogens (tertiary/aromatic N) is 1. The molecule has 0 saturated carbocycles. The minimum absolute atomic E-state index is 0.123. The molecular formula is C17H20FN3O. The minimum Gasteiger partial charge on any atom is -0.357 e. The first kappa shape index (κ1) is 14.8. The molecule has 1 aromatic heterocycles. The summed E-state index contributed by atoms with van der Waals surface area (Å²) >= 11 is 0. The molecule has 0 unspecified atom stereocenters. The van der Waals surface area contributed by atoms with Crippen LogP contribution in [0.3, 0.4) is 0 Å². The number of benzene rings is 1. The SMILES string of the molecule is O=C(NC[C@@H](c1ccccc1F)N1CCCC1)c1ccc[nH]1. The van der Waals surface area contributed by atoms with Crippen LogP contribution < -0.4 is 5.32 Å². The van der Waals surface area contributed by atoms with Crippen molar-refractivity contribution in [2.24, 2.45) is 0 Å². The third kappa shape index (κ3) is 3.20. The van der Waals surface area contributed by atoms with Gasteiger partial charge in [-0.1, -0.05) is 18.2 Å². The lowest BCUT2D eigenvalue weighted by molar-refractivity contribution is 0.0933. The summed E-state index contributed by atoms with van der Waals surface area (Å²) in [7, 11) is 0. The van der Waals surface area contributed by atoms with E-state index in [1.165, 1.54) is 6.07 Å². The van der Waals surface area contributed by atoms with Crippen molar-refractivity contribution in [3.05, 3.63) is 59.7 Å². The van der Waals surface area contributed by atoms with Gasteiger partial charge >= 0.3 is 0 Å². The number of aromatic nitrogens is 1. The predicted octanol–water partition coefficient (Wildman–Crippen LogP) is 2.72. The molecule has 2 N–H and O–H groups in total. The van der Waals surface area contributed by atoms with Gasteiger partial charge in [0.15, 0.2) is 0 Å². The van der Waals surface area contributed by atoms with Crippen LogP contribution in [-0.4, -0.2) is 35.4 Å². The summed E-state index contributed by atoms with van der Waals surface area (Å²) in [5.74, 6) is -0.376. The van der Waals surface area contributed by atoms with Crippen LogP contribution in [-0.2, 0) is 0 Å². The van der Waals surface area contributed by atoms with Crippen molar-refractivity contribution in [1.82, 2.24) is 15.2 Å². The maximum Gasteiger partial charge on any atom is 0.267 e. The monoisotopic (exact) mass is 301 g/mol. The van der Waals surface area contributed by atoms with Gasteiger partial charge in [-0.25, -0.2) is 4.39 Å². The van der Waals surface area contributed by atoms with E-state index in [1.807, 2.05) is 6.07 Å². The van der Waals surface area contributed by atoms with Crippen molar-refractivity contribution in [3.8, 4) is 0 Å². The molecule has 1 amide bonds. The maximum atomic E-state index is 14.1. The van der Waals surface area contributed by atoms with Crippen LogP contribution in [0.25, 0.3) is 0 Å². The van der Waals surface area contributed by atoms with Crippen LogP contribution in [0.15, 0.2) is 42.6 Å². The van der Waals surface area contributed by atoms with Crippen LogP contribution in [0, 0.1) is 5.82 Å². The lowest BCUT2D eigenvalue weighted by Crippen LogP contribution is -2.37. The van der Waals surface area contributed by atoms with Crippen molar-refractivity contribution in [1.29, 1.82) is 0 Å². The van der Waals surface area contributed by atoms with Crippen molar-refractivity contribution < 1.29 is 9.18 Å². The molecule has 1 aliphatic rings. The number of rotatable bonds is 5. The smallest absolute Gasteiger partial charge is 0.267 e. The van der Waals surface area contributed by atoms with Crippen LogP contribution >= 0.6 is 0 Å². The number of carbonyl (C=O) groups is 1. The largest absolute Gasteiger partial charge is 0.357 e. The molecule has 1 fully saturated rings. The summed E-state index contributed by atoms with van der Waals surface area (Å²) in [4.78, 5) is 17.2. The molecule has 0 spiro atoms. The second-order valence-corrected chi connectivity index (χ2v) is 5.57. The Morgan fingerprint density at radius 3 is 2.68 bits per heavy atom. The molecule has 116 valence electrons. The van der Waals surface area contributed by atoms with Crippen molar-refractivity contribution in [2.75, 3.05) is 19.6 Å². The average molecular weight is 301 g/mol. The molecule has 1 saturated heterocycles. The van der Waals surface area contributed by atoms with Crippen molar-refractivity contribution in [2.45, 2.75) is 18.9 Å². The topological polar surface area (TPSA) is 48.1 Å². The van der Waals surface area contributed by atoms with E-state index in [9.17, 15) is 9.18 Å². The molecule has 2 aromatic rings. The first-order valence-corrected chi connectivity index (χ1v) is 7.66. The summed E-state index contributed by atoms with van der Waals surface area (Å²) < 4.78 is 14.1. The lowest BCUT2D eigenvalue weighted by Gasteiger charge is -2.28. The van der Waals surface area contributed by atoms with E-state index in [1.54, 1.807) is 30.5 Å². The van der Waals surface area contributed by atoms with E-state index in [-0.39, 0.29) is 17.8 Å². The molecule has 0 bridgehead atoms. The third-order valence-electron chi connectivity index (χ3n) is 4.14. The zero-order chi connectivity index (χ0) is 15.4. The molecule has 0 radical (unpaired) electrons. The number of likely N-dealkylation sites (tertiary alicyclic amines) is 1. The first-order valence-electron chi connectivity index (χ1n) is 7.66. The Bertz CT molecular complexity index is 621. The van der Waals surface area contributed by atoms with Crippen LogP contribution in [0.5, 0.6) is 0 Å². The highest BCUT2D eigenvalue weighted by Gasteiger charge is 2.26. The summed E-state index contributed by atoms with van der Waals surface area (Å²) in [6, 6.07) is 10.2. The number of halogens is 1. The number of nitrogens with one attached hydrogen (secondary N) is 2. The number of aromatic amines is 1. The van der Waals surface area contributed by atoms with E-state index in [2.05, 4.69) is 15.2 Å². The fourth-order valence-electron chi connectivity index (χ4n) is 2.99. The van der Waals surface area contributed by atoms with Crippen molar-refractivity contribution >= 4 is 5.91 Å². The van der Waals surface area contributed by atoms with Crippen LogP contribution in [0.2, 0.25) is 0 Å². The summed E-state index contributed by atoms with van der Waals surface area (Å²) in [6.45, 7) is 2.29. The molecule has 1 atom stereocenters. The quantitative estimate of drug-likeness (QED) is 0.892. The Labute approximate surface area is 129 Å². The number of amides is 1. The Balaban J connectivity index is 1.74. The molecule has 1 aromatic carbocycles. The molecule has 1 aliphatic heterocycles. The summed E-state index contributed by atoms with van der Waals surface area (Å²) in [5, 5.41) is 2.91. The van der Waals surface area contributed by atoms with Gasteiger partial charge in [0.05, 0.1) is 6.04 Å². The Kier molecular flexibility index (Phi) is 4.53. The average Bonchev–Trinajstić information content (AvgIpc) is 3.22. The standard InChI is InChI=1S/C17H20FN3O/c18-14-7-2-1-6-13(14)16(21-10-3-4-11-21)12-20-17(22)15-8-5-9-19-15/h1-2,5-9,16,19H,3-4,10-12H2,(H,20,22)/t16-/m0/s1. The van der Waals surface area contributed by atoms with Gasteiger partial charge in [0.2, 0.25) is 0 Å². The molecule has 3 rings (SSSR count). The third-order valence-corrected chi connectivity index (χ3v) is 4.14. The minimum atomic E-state index is -0.214. The van der Waals surface area contributed by atoms with Gasteiger partial charge in [-0.15, -0.1) is 0 Å². The number of hydrogen-bond acceptors (Lipinski definition) is 2. The predicted molar refractivity (Wildman–Crippen MR) is 83.1 cm³/mol. The van der Waals surface area contributed by atoms with Crippen molar-refractivity contribution in [3.63, 3.8) is 0 Å². The van der Waals surface area contributed by atoms with E-state index in [0.29, 0.717) is 17.8 Å². The van der Waals surface area contributed by atoms with Gasteiger partial charge in [0.25, 0.3) is 5.91 Å². The molecular weight excluding hydrogens is 281 g/mol. The Morgan fingerprint density at radius 1 is 1.23 bits per heavy atom. The van der Waals surface area contributed by atoms with Gasteiger partial charge in [0, 0.05) is 18.3 Å². The molecule has 4 nitrogen and oxygen atoms in total. The number of H-pyrrole nitrogens is 1. The fraction of sp³-hybridized carbons (Fsp3) is 0.353. The fourth-order valence-corrected chi connectivity index (χ4v) is 2.99. The normalized spacial score (nSPS) is 16.6. The summed E-state index contributed by atoms with van der Waals surface area (Å²) in [5.41, 5.74) is 1.17. The molecule has 2 heterocycles. The summed E-state index contributed by atoms with van der Waals surface area (Å²) in [6.07, 6.45) is 3.95. The highest BCUT2D eigenvalue weighted by Crippen LogP contribution is 2.26. The lowest BCUT2D eigenvalue weighted by atomic mass is 10.0. The first-order chi connectivity index (χ1) is 10.8. The van der Waals surface area contributed by atoms with E-state index in [0.717, 1.165) is 25.9 Å². The van der Waals surface area contributed by atoms with Gasteiger partial charge in [-0.05, 0) is 44.1 Å². The van der Waals surface area contributed by atoms with Gasteiger partial charge in [-0.3, -0.25) is 9.69 Å². The van der Waals surface area contributed by atoms with Gasteiger partial charge in [0.1, 0.15) is 11.5 Å². The van der Waals surface area contributed by atoms with E-state index < -0.39 is 0 Å². The number of hydrogen-bond donors (Lipinski definition) is 2. The van der Waals surface area contributed by atoms with Gasteiger partial charge in [-0.2, -0.15) is 0 Å². The molecule has 0 aliphatic carbocycles. The van der Waals surface area contributed by atoms with Gasteiger partial charge < -0.3 is 10.3 Å². The Hall–Kier alpha value is -2.14. The zero-order valence-electron chi connectivity index (χ0n) is 12.4. The maximum absolute atomic E-state index is 14.1. The second-order valence-electron chi connectivity index (χ2n) is 5.57. The highest BCUT2D eigenvalue weighted by atomic mass is 19.1.